The number of carbonyl (C=O) groups is 1. The first kappa shape index (κ1) is 19.2. The predicted molar refractivity (Wildman–Crippen MR) is 106 cm³/mol. The molecule has 4 rings (SSSR count). The van der Waals surface area contributed by atoms with E-state index in [-0.39, 0.29) is 28.8 Å². The SMILES string of the molecule is Cc1ccc2c(N(C(=O)O)C3CCNC3)nc(-c3ccccc3C(F)F)nc2c1. The summed E-state index contributed by atoms with van der Waals surface area (Å²) in [5.41, 5.74) is 1.46. The summed E-state index contributed by atoms with van der Waals surface area (Å²) in [4.78, 5) is 22.3. The van der Waals surface area contributed by atoms with E-state index in [2.05, 4.69) is 15.3 Å². The Labute approximate surface area is 166 Å². The Bertz CT molecular complexity index is 1070. The Hall–Kier alpha value is -3.13. The van der Waals surface area contributed by atoms with E-state index in [1.807, 2.05) is 19.1 Å². The predicted octanol–water partition coefficient (Wildman–Crippen LogP) is 4.39. The molecule has 3 aromatic rings. The zero-order chi connectivity index (χ0) is 20.5. The van der Waals surface area contributed by atoms with Gasteiger partial charge in [-0.05, 0) is 37.6 Å². The molecule has 0 radical (unpaired) electrons. The number of benzene rings is 2. The molecule has 150 valence electrons. The molecule has 2 heterocycles. The largest absolute Gasteiger partial charge is 0.465 e. The summed E-state index contributed by atoms with van der Waals surface area (Å²) in [6, 6.07) is 11.2. The van der Waals surface area contributed by atoms with Crippen LogP contribution in [0.15, 0.2) is 42.5 Å². The zero-order valence-corrected chi connectivity index (χ0v) is 15.8. The first-order valence-corrected chi connectivity index (χ1v) is 9.34. The number of anilines is 1. The Balaban J connectivity index is 1.98. The topological polar surface area (TPSA) is 78.4 Å². The third-order valence-electron chi connectivity index (χ3n) is 5.10. The molecule has 0 spiro atoms. The van der Waals surface area contributed by atoms with Crippen molar-refractivity contribution < 1.29 is 18.7 Å². The molecule has 2 aromatic carbocycles. The van der Waals surface area contributed by atoms with Gasteiger partial charge in [0.15, 0.2) is 5.82 Å². The Morgan fingerprint density at radius 2 is 2.03 bits per heavy atom. The number of fused-ring (bicyclic) bond motifs is 1. The number of alkyl halides is 2. The third kappa shape index (κ3) is 3.63. The molecule has 0 saturated carbocycles. The monoisotopic (exact) mass is 398 g/mol. The summed E-state index contributed by atoms with van der Waals surface area (Å²) in [5.74, 6) is 0.307. The molecular formula is C21H20F2N4O2. The summed E-state index contributed by atoms with van der Waals surface area (Å²) in [6.07, 6.45) is -3.18. The number of hydrogen-bond acceptors (Lipinski definition) is 4. The van der Waals surface area contributed by atoms with Crippen LogP contribution in [0.5, 0.6) is 0 Å². The van der Waals surface area contributed by atoms with Crippen molar-refractivity contribution in [1.82, 2.24) is 15.3 Å². The van der Waals surface area contributed by atoms with Crippen LogP contribution in [0.25, 0.3) is 22.3 Å². The van der Waals surface area contributed by atoms with Crippen LogP contribution in [0, 0.1) is 6.92 Å². The minimum absolute atomic E-state index is 0.0891. The van der Waals surface area contributed by atoms with E-state index in [0.717, 1.165) is 5.56 Å². The second kappa shape index (κ2) is 7.71. The van der Waals surface area contributed by atoms with Gasteiger partial charge in [0.2, 0.25) is 0 Å². The Morgan fingerprint density at radius 3 is 2.72 bits per heavy atom. The maximum Gasteiger partial charge on any atom is 0.413 e. The maximum absolute atomic E-state index is 13.6. The lowest BCUT2D eigenvalue weighted by atomic mass is 10.1. The summed E-state index contributed by atoms with van der Waals surface area (Å²) < 4.78 is 27.1. The van der Waals surface area contributed by atoms with Crippen molar-refractivity contribution in [3.8, 4) is 11.4 Å². The van der Waals surface area contributed by atoms with Gasteiger partial charge in [0, 0.05) is 23.1 Å². The van der Waals surface area contributed by atoms with Gasteiger partial charge in [-0.3, -0.25) is 4.90 Å². The lowest BCUT2D eigenvalue weighted by Gasteiger charge is -2.26. The molecule has 1 aliphatic heterocycles. The highest BCUT2D eigenvalue weighted by atomic mass is 19.3. The number of amides is 1. The van der Waals surface area contributed by atoms with Crippen LogP contribution in [0.3, 0.4) is 0 Å². The normalized spacial score (nSPS) is 16.5. The van der Waals surface area contributed by atoms with Gasteiger partial charge in [0.25, 0.3) is 6.43 Å². The van der Waals surface area contributed by atoms with Crippen molar-refractivity contribution in [1.29, 1.82) is 0 Å². The Kier molecular flexibility index (Phi) is 5.10. The Morgan fingerprint density at radius 1 is 1.24 bits per heavy atom. The summed E-state index contributed by atoms with van der Waals surface area (Å²) in [6.45, 7) is 3.11. The van der Waals surface area contributed by atoms with Crippen molar-refractivity contribution >= 4 is 22.8 Å². The van der Waals surface area contributed by atoms with E-state index in [1.165, 1.54) is 23.1 Å². The second-order valence-electron chi connectivity index (χ2n) is 7.08. The molecule has 1 amide bonds. The van der Waals surface area contributed by atoms with Crippen LogP contribution in [-0.4, -0.2) is 40.3 Å². The van der Waals surface area contributed by atoms with Crippen LogP contribution >= 0.6 is 0 Å². The standard InChI is InChI=1S/C21H20F2N4O2/c1-12-6-7-16-17(10-12)25-19(15-5-3-2-4-14(15)18(22)23)26-20(16)27(21(28)29)13-8-9-24-11-13/h2-7,10,13,18,24H,8-9,11H2,1H3,(H,28,29). The van der Waals surface area contributed by atoms with E-state index in [4.69, 9.17) is 0 Å². The highest BCUT2D eigenvalue weighted by molar-refractivity contribution is 5.99. The number of aryl methyl sites for hydroxylation is 1. The van der Waals surface area contributed by atoms with E-state index >= 15 is 0 Å². The van der Waals surface area contributed by atoms with E-state index in [0.29, 0.717) is 30.4 Å². The van der Waals surface area contributed by atoms with Gasteiger partial charge >= 0.3 is 6.09 Å². The van der Waals surface area contributed by atoms with Gasteiger partial charge in [0.05, 0.1) is 11.6 Å². The van der Waals surface area contributed by atoms with E-state index in [9.17, 15) is 18.7 Å². The number of nitrogens with zero attached hydrogens (tertiary/aromatic N) is 3. The minimum Gasteiger partial charge on any atom is -0.465 e. The van der Waals surface area contributed by atoms with Crippen molar-refractivity contribution in [2.75, 3.05) is 18.0 Å². The summed E-state index contributed by atoms with van der Waals surface area (Å²) >= 11 is 0. The molecule has 2 N–H and O–H groups in total. The van der Waals surface area contributed by atoms with Gasteiger partial charge in [-0.25, -0.2) is 23.5 Å². The molecule has 8 heteroatoms. The first-order valence-electron chi connectivity index (χ1n) is 9.34. The molecule has 1 saturated heterocycles. The van der Waals surface area contributed by atoms with Crippen LogP contribution in [0.2, 0.25) is 0 Å². The van der Waals surface area contributed by atoms with Crippen LogP contribution < -0.4 is 10.2 Å². The maximum atomic E-state index is 13.6. The number of rotatable bonds is 4. The fraction of sp³-hybridized carbons (Fsp3) is 0.286. The molecule has 1 aliphatic rings. The summed E-state index contributed by atoms with van der Waals surface area (Å²) in [5, 5.41) is 13.7. The van der Waals surface area contributed by atoms with Crippen molar-refractivity contribution in [2.24, 2.45) is 0 Å². The number of hydrogen-bond donors (Lipinski definition) is 2. The third-order valence-corrected chi connectivity index (χ3v) is 5.10. The highest BCUT2D eigenvalue weighted by Gasteiger charge is 2.31. The van der Waals surface area contributed by atoms with E-state index in [1.54, 1.807) is 12.1 Å². The molecule has 1 aromatic heterocycles. The average Bonchev–Trinajstić information content (AvgIpc) is 3.21. The smallest absolute Gasteiger partial charge is 0.413 e. The molecule has 1 atom stereocenters. The van der Waals surface area contributed by atoms with Crippen LogP contribution in [-0.2, 0) is 0 Å². The van der Waals surface area contributed by atoms with E-state index < -0.39 is 12.5 Å². The number of nitrogens with one attached hydrogen (secondary N) is 1. The lowest BCUT2D eigenvalue weighted by molar-refractivity contribution is 0.152. The molecule has 1 fully saturated rings. The first-order chi connectivity index (χ1) is 14.0. The number of carboxylic acid groups (broad SMARTS) is 1. The van der Waals surface area contributed by atoms with Gasteiger partial charge < -0.3 is 10.4 Å². The molecule has 29 heavy (non-hydrogen) atoms. The molecule has 0 aliphatic carbocycles. The second-order valence-corrected chi connectivity index (χ2v) is 7.08. The average molecular weight is 398 g/mol. The summed E-state index contributed by atoms with van der Waals surface area (Å²) in [7, 11) is 0. The highest BCUT2D eigenvalue weighted by Crippen LogP contribution is 2.34. The fourth-order valence-electron chi connectivity index (χ4n) is 3.70. The lowest BCUT2D eigenvalue weighted by Crippen LogP contribution is -2.41. The fourth-order valence-corrected chi connectivity index (χ4v) is 3.70. The van der Waals surface area contributed by atoms with Gasteiger partial charge in [-0.2, -0.15) is 0 Å². The van der Waals surface area contributed by atoms with Gasteiger partial charge in [-0.1, -0.05) is 30.3 Å². The molecular weight excluding hydrogens is 378 g/mol. The van der Waals surface area contributed by atoms with Crippen molar-refractivity contribution in [3.63, 3.8) is 0 Å². The quantitative estimate of drug-likeness (QED) is 0.682. The van der Waals surface area contributed by atoms with Gasteiger partial charge in [-0.15, -0.1) is 0 Å². The molecule has 6 nitrogen and oxygen atoms in total. The van der Waals surface area contributed by atoms with Crippen molar-refractivity contribution in [3.05, 3.63) is 53.6 Å². The van der Waals surface area contributed by atoms with Gasteiger partial charge in [0.1, 0.15) is 5.82 Å². The number of halogens is 2. The van der Waals surface area contributed by atoms with Crippen LogP contribution in [0.1, 0.15) is 24.0 Å². The molecule has 0 bridgehead atoms. The number of aromatic nitrogens is 2. The van der Waals surface area contributed by atoms with Crippen LogP contribution in [0.4, 0.5) is 19.4 Å². The zero-order valence-electron chi connectivity index (χ0n) is 15.8. The molecule has 1 unspecified atom stereocenters. The van der Waals surface area contributed by atoms with Crippen molar-refractivity contribution in [2.45, 2.75) is 25.8 Å². The minimum atomic E-state index is -2.69.